The number of esters is 1. The molecule has 0 unspecified atom stereocenters. The first-order valence-electron chi connectivity index (χ1n) is 7.45. The van der Waals surface area contributed by atoms with E-state index in [1.807, 2.05) is 19.1 Å². The smallest absolute Gasteiger partial charge is 0.330 e. The van der Waals surface area contributed by atoms with E-state index >= 15 is 0 Å². The van der Waals surface area contributed by atoms with Gasteiger partial charge in [0.15, 0.2) is 11.7 Å². The summed E-state index contributed by atoms with van der Waals surface area (Å²) in [6.45, 7) is 3.53. The fourth-order valence-electron chi connectivity index (χ4n) is 1.55. The van der Waals surface area contributed by atoms with Crippen molar-refractivity contribution in [3.8, 4) is 5.75 Å². The molecular weight excluding hydrogens is 426 g/mol. The van der Waals surface area contributed by atoms with Gasteiger partial charge >= 0.3 is 5.97 Å². The second-order valence-corrected chi connectivity index (χ2v) is 6.06. The molecule has 0 atom stereocenters. The third kappa shape index (κ3) is 8.58. The minimum Gasteiger partial charge on any atom is -0.483 e. The van der Waals surface area contributed by atoms with Crippen LogP contribution < -0.4 is 20.9 Å². The second kappa shape index (κ2) is 11.2. The lowest BCUT2D eigenvalue weighted by Gasteiger charge is -2.11. The van der Waals surface area contributed by atoms with Crippen molar-refractivity contribution in [1.29, 1.82) is 0 Å². The Morgan fingerprint density at radius 1 is 1.23 bits per heavy atom. The van der Waals surface area contributed by atoms with Crippen molar-refractivity contribution in [3.63, 3.8) is 0 Å². The Kier molecular flexibility index (Phi) is 9.31. The molecule has 0 bridgehead atoms. The van der Waals surface area contributed by atoms with Crippen molar-refractivity contribution in [2.45, 2.75) is 13.8 Å². The standard InChI is InChI=1S/C16H18BrN3O5S/c1-3-24-15(23)7-6-13(21)18-16(26)20-19-14(22)9-25-12-5-4-10(2)8-11(12)17/h4-8H,3,9H2,1-2H3,(H,19,22)(H2,18,20,21,26). The molecule has 1 rings (SSSR count). The fourth-order valence-corrected chi connectivity index (χ4v) is 2.31. The molecule has 10 heteroatoms. The van der Waals surface area contributed by atoms with E-state index < -0.39 is 17.8 Å². The van der Waals surface area contributed by atoms with Crippen LogP contribution in [0.15, 0.2) is 34.8 Å². The highest BCUT2D eigenvalue weighted by Crippen LogP contribution is 2.25. The van der Waals surface area contributed by atoms with Gasteiger partial charge in [-0.3, -0.25) is 25.8 Å². The summed E-state index contributed by atoms with van der Waals surface area (Å²) < 4.78 is 10.7. The van der Waals surface area contributed by atoms with Gasteiger partial charge in [0.25, 0.3) is 5.91 Å². The van der Waals surface area contributed by atoms with E-state index in [4.69, 9.17) is 17.0 Å². The number of carbonyl (C=O) groups is 3. The van der Waals surface area contributed by atoms with Gasteiger partial charge in [-0.25, -0.2) is 4.79 Å². The van der Waals surface area contributed by atoms with Crippen LogP contribution in [-0.2, 0) is 19.1 Å². The van der Waals surface area contributed by atoms with Crippen LogP contribution in [0.25, 0.3) is 0 Å². The predicted molar refractivity (Wildman–Crippen MR) is 102 cm³/mol. The van der Waals surface area contributed by atoms with Crippen LogP contribution in [0.4, 0.5) is 0 Å². The van der Waals surface area contributed by atoms with E-state index in [9.17, 15) is 14.4 Å². The summed E-state index contributed by atoms with van der Waals surface area (Å²) in [4.78, 5) is 34.3. The van der Waals surface area contributed by atoms with Crippen molar-refractivity contribution >= 4 is 51.0 Å². The maximum atomic E-state index is 11.7. The number of hydrazine groups is 1. The zero-order chi connectivity index (χ0) is 19.5. The fraction of sp³-hybridized carbons (Fsp3) is 0.250. The molecule has 0 radical (unpaired) electrons. The number of nitrogens with one attached hydrogen (secondary N) is 3. The molecule has 26 heavy (non-hydrogen) atoms. The van der Waals surface area contributed by atoms with Crippen LogP contribution in [0.3, 0.4) is 0 Å². The Hall–Kier alpha value is -2.46. The number of hydrogen-bond acceptors (Lipinski definition) is 6. The highest BCUT2D eigenvalue weighted by atomic mass is 79.9. The van der Waals surface area contributed by atoms with Crippen LogP contribution in [0.5, 0.6) is 5.75 Å². The second-order valence-electron chi connectivity index (χ2n) is 4.80. The molecule has 0 saturated carbocycles. The monoisotopic (exact) mass is 443 g/mol. The Labute approximate surface area is 164 Å². The molecular formula is C16H18BrN3O5S. The van der Waals surface area contributed by atoms with Crippen LogP contribution in [-0.4, -0.2) is 36.1 Å². The maximum Gasteiger partial charge on any atom is 0.330 e. The molecule has 1 aromatic carbocycles. The number of rotatable bonds is 6. The molecule has 1 aromatic rings. The van der Waals surface area contributed by atoms with Gasteiger partial charge in [0.05, 0.1) is 11.1 Å². The summed E-state index contributed by atoms with van der Waals surface area (Å²) in [6.07, 6.45) is 1.93. The molecule has 8 nitrogen and oxygen atoms in total. The SMILES string of the molecule is CCOC(=O)C=CC(=O)NC(=S)NNC(=O)COc1ccc(C)cc1Br. The van der Waals surface area contributed by atoms with Gasteiger partial charge < -0.3 is 9.47 Å². The largest absolute Gasteiger partial charge is 0.483 e. The van der Waals surface area contributed by atoms with E-state index in [-0.39, 0.29) is 18.3 Å². The van der Waals surface area contributed by atoms with Gasteiger partial charge in [-0.2, -0.15) is 0 Å². The third-order valence-corrected chi connectivity index (χ3v) is 3.48. The number of amides is 2. The molecule has 0 aliphatic heterocycles. The highest BCUT2D eigenvalue weighted by molar-refractivity contribution is 9.10. The van der Waals surface area contributed by atoms with Crippen LogP contribution >= 0.6 is 28.1 Å². The first-order chi connectivity index (χ1) is 12.3. The van der Waals surface area contributed by atoms with Crippen LogP contribution in [0, 0.1) is 6.92 Å². The quantitative estimate of drug-likeness (QED) is 0.263. The number of thiocarbonyl (C=S) groups is 1. The lowest BCUT2D eigenvalue weighted by molar-refractivity contribution is -0.137. The summed E-state index contributed by atoms with van der Waals surface area (Å²) in [5.74, 6) is -1.28. The summed E-state index contributed by atoms with van der Waals surface area (Å²) in [6, 6.07) is 5.45. The number of halogens is 1. The lowest BCUT2D eigenvalue weighted by atomic mass is 10.2. The van der Waals surface area contributed by atoms with E-state index in [0.29, 0.717) is 5.75 Å². The van der Waals surface area contributed by atoms with Gasteiger partial charge in [-0.05, 0) is 59.7 Å². The average Bonchev–Trinajstić information content (AvgIpc) is 2.57. The number of carbonyl (C=O) groups excluding carboxylic acids is 3. The topological polar surface area (TPSA) is 106 Å². The Bertz CT molecular complexity index is 724. The highest BCUT2D eigenvalue weighted by Gasteiger charge is 2.07. The number of ether oxygens (including phenoxy) is 2. The molecule has 0 saturated heterocycles. The summed E-state index contributed by atoms with van der Waals surface area (Å²) in [5, 5.41) is 2.10. The molecule has 0 fully saturated rings. The van der Waals surface area contributed by atoms with Crippen molar-refractivity contribution in [1.82, 2.24) is 16.2 Å². The minimum atomic E-state index is -0.648. The Morgan fingerprint density at radius 3 is 2.62 bits per heavy atom. The maximum absolute atomic E-state index is 11.7. The first-order valence-corrected chi connectivity index (χ1v) is 8.65. The van der Waals surface area contributed by atoms with Gasteiger partial charge in [0.2, 0.25) is 5.91 Å². The molecule has 0 spiro atoms. The van der Waals surface area contributed by atoms with E-state index in [0.717, 1.165) is 22.2 Å². The number of aryl methyl sites for hydroxylation is 1. The summed E-state index contributed by atoms with van der Waals surface area (Å²) in [7, 11) is 0. The van der Waals surface area contributed by atoms with E-state index in [2.05, 4.69) is 36.8 Å². The van der Waals surface area contributed by atoms with Gasteiger partial charge in [0, 0.05) is 12.2 Å². The molecule has 0 aromatic heterocycles. The van der Waals surface area contributed by atoms with Crippen molar-refractivity contribution < 1.29 is 23.9 Å². The van der Waals surface area contributed by atoms with E-state index in [1.165, 1.54) is 0 Å². The predicted octanol–water partition coefficient (Wildman–Crippen LogP) is 1.28. The van der Waals surface area contributed by atoms with Crippen molar-refractivity contribution in [2.75, 3.05) is 13.2 Å². The third-order valence-electron chi connectivity index (χ3n) is 2.66. The molecule has 140 valence electrons. The number of benzene rings is 1. The Balaban J connectivity index is 2.32. The summed E-state index contributed by atoms with van der Waals surface area (Å²) in [5.41, 5.74) is 5.67. The van der Waals surface area contributed by atoms with Crippen molar-refractivity contribution in [2.24, 2.45) is 0 Å². The Morgan fingerprint density at radius 2 is 1.96 bits per heavy atom. The molecule has 2 amide bonds. The number of hydrogen-bond donors (Lipinski definition) is 3. The minimum absolute atomic E-state index is 0.145. The van der Waals surface area contributed by atoms with Gasteiger partial charge in [0.1, 0.15) is 5.75 Å². The molecule has 0 aliphatic carbocycles. The van der Waals surface area contributed by atoms with Crippen LogP contribution in [0.2, 0.25) is 0 Å². The van der Waals surface area contributed by atoms with Gasteiger partial charge in [-0.1, -0.05) is 6.07 Å². The molecule has 0 aliphatic rings. The molecule has 0 heterocycles. The lowest BCUT2D eigenvalue weighted by Crippen LogP contribution is -2.49. The first kappa shape index (κ1) is 21.6. The van der Waals surface area contributed by atoms with Gasteiger partial charge in [-0.15, -0.1) is 0 Å². The van der Waals surface area contributed by atoms with Crippen LogP contribution in [0.1, 0.15) is 12.5 Å². The van der Waals surface area contributed by atoms with Crippen molar-refractivity contribution in [3.05, 3.63) is 40.4 Å². The molecule has 3 N–H and O–H groups in total. The average molecular weight is 444 g/mol. The zero-order valence-corrected chi connectivity index (χ0v) is 16.5. The normalized spacial score (nSPS) is 10.1. The van der Waals surface area contributed by atoms with E-state index in [1.54, 1.807) is 13.0 Å². The zero-order valence-electron chi connectivity index (χ0n) is 14.1. The summed E-state index contributed by atoms with van der Waals surface area (Å²) >= 11 is 8.18.